The van der Waals surface area contributed by atoms with Crippen molar-refractivity contribution < 1.29 is 19.3 Å². The van der Waals surface area contributed by atoms with Gasteiger partial charge in [-0.2, -0.15) is 0 Å². The Labute approximate surface area is 102 Å². The molecule has 0 aliphatic rings. The number of ether oxygens (including phenoxy) is 3. The number of aliphatic hydroxyl groups is 1. The number of hydrogen-bond donors (Lipinski definition) is 1. The van der Waals surface area contributed by atoms with Crippen molar-refractivity contribution in [1.82, 2.24) is 0 Å². The summed E-state index contributed by atoms with van der Waals surface area (Å²) in [6, 6.07) is 5.31. The van der Waals surface area contributed by atoms with Crippen LogP contribution < -0.4 is 9.47 Å². The summed E-state index contributed by atoms with van der Waals surface area (Å²) in [5.74, 6) is 1.28. The van der Waals surface area contributed by atoms with Gasteiger partial charge >= 0.3 is 0 Å². The summed E-state index contributed by atoms with van der Waals surface area (Å²) in [6.45, 7) is 3.50. The van der Waals surface area contributed by atoms with E-state index in [1.165, 1.54) is 0 Å². The predicted octanol–water partition coefficient (Wildman–Crippen LogP) is 1.95. The molecule has 0 radical (unpaired) electrons. The molecule has 1 rings (SSSR count). The molecule has 0 spiro atoms. The molecule has 0 aliphatic carbocycles. The van der Waals surface area contributed by atoms with Crippen molar-refractivity contribution in [3.63, 3.8) is 0 Å². The zero-order valence-electron chi connectivity index (χ0n) is 11.0. The van der Waals surface area contributed by atoms with E-state index in [-0.39, 0.29) is 6.10 Å². The van der Waals surface area contributed by atoms with Gasteiger partial charge < -0.3 is 19.3 Å². The van der Waals surface area contributed by atoms with Gasteiger partial charge in [0.05, 0.1) is 20.3 Å². The van der Waals surface area contributed by atoms with E-state index < -0.39 is 5.60 Å². The Kier molecular flexibility index (Phi) is 4.37. The van der Waals surface area contributed by atoms with Crippen LogP contribution in [0.5, 0.6) is 11.5 Å². The fourth-order valence-electron chi connectivity index (χ4n) is 1.66. The topological polar surface area (TPSA) is 47.9 Å². The molecule has 4 heteroatoms. The number of rotatable bonds is 5. The molecule has 0 bridgehead atoms. The Balaban J connectivity index is 3.26. The third-order valence-electron chi connectivity index (χ3n) is 3.10. The lowest BCUT2D eigenvalue weighted by molar-refractivity contribution is -0.0783. The highest BCUT2D eigenvalue weighted by molar-refractivity contribution is 5.44. The molecule has 0 amide bonds. The van der Waals surface area contributed by atoms with Crippen LogP contribution in [0.3, 0.4) is 0 Å². The maximum Gasteiger partial charge on any atom is 0.125 e. The lowest BCUT2D eigenvalue weighted by Gasteiger charge is -2.31. The van der Waals surface area contributed by atoms with E-state index in [0.717, 1.165) is 0 Å². The quantitative estimate of drug-likeness (QED) is 0.854. The first-order chi connectivity index (χ1) is 7.97. The minimum Gasteiger partial charge on any atom is -0.497 e. The first-order valence-electron chi connectivity index (χ1n) is 5.45. The Morgan fingerprint density at radius 1 is 1.18 bits per heavy atom. The molecule has 0 saturated heterocycles. The third-order valence-corrected chi connectivity index (χ3v) is 3.10. The second-order valence-corrected chi connectivity index (χ2v) is 4.09. The largest absolute Gasteiger partial charge is 0.497 e. The second kappa shape index (κ2) is 5.38. The van der Waals surface area contributed by atoms with Crippen LogP contribution in [-0.2, 0) is 10.3 Å². The summed E-state index contributed by atoms with van der Waals surface area (Å²) in [5.41, 5.74) is -0.497. The van der Waals surface area contributed by atoms with Crippen LogP contribution in [0, 0.1) is 0 Å². The first kappa shape index (κ1) is 13.8. The number of hydrogen-bond acceptors (Lipinski definition) is 4. The number of benzene rings is 1. The van der Waals surface area contributed by atoms with Crippen LogP contribution in [0.1, 0.15) is 19.4 Å². The van der Waals surface area contributed by atoms with Crippen LogP contribution in [0.25, 0.3) is 0 Å². The minimum absolute atomic E-state index is 0.358. The molecule has 0 heterocycles. The Morgan fingerprint density at radius 3 is 2.29 bits per heavy atom. The molecule has 2 atom stereocenters. The van der Waals surface area contributed by atoms with E-state index in [9.17, 15) is 5.11 Å². The molecule has 1 aromatic carbocycles. The van der Waals surface area contributed by atoms with Crippen LogP contribution >= 0.6 is 0 Å². The van der Waals surface area contributed by atoms with Crippen molar-refractivity contribution in [3.8, 4) is 11.5 Å². The summed E-state index contributed by atoms with van der Waals surface area (Å²) in [6.07, 6.45) is -0.358. The van der Waals surface area contributed by atoms with Crippen molar-refractivity contribution in [2.75, 3.05) is 21.3 Å². The van der Waals surface area contributed by atoms with E-state index in [2.05, 4.69) is 0 Å². The molecule has 0 aromatic heterocycles. The van der Waals surface area contributed by atoms with Crippen molar-refractivity contribution >= 4 is 0 Å². The fraction of sp³-hybridized carbons (Fsp3) is 0.538. The van der Waals surface area contributed by atoms with Gasteiger partial charge in [-0.3, -0.25) is 0 Å². The lowest BCUT2D eigenvalue weighted by atomic mass is 9.90. The van der Waals surface area contributed by atoms with E-state index >= 15 is 0 Å². The SMILES string of the molecule is COc1ccc(OC)c(C(C)(O)C(C)OC)c1. The van der Waals surface area contributed by atoms with E-state index in [4.69, 9.17) is 14.2 Å². The average Bonchev–Trinajstić information content (AvgIpc) is 2.36. The van der Waals surface area contributed by atoms with Gasteiger partial charge in [0.25, 0.3) is 0 Å². The van der Waals surface area contributed by atoms with Gasteiger partial charge in [0.15, 0.2) is 0 Å². The molecule has 0 saturated carbocycles. The van der Waals surface area contributed by atoms with Gasteiger partial charge in [-0.05, 0) is 32.0 Å². The van der Waals surface area contributed by atoms with Gasteiger partial charge in [0.1, 0.15) is 17.1 Å². The smallest absolute Gasteiger partial charge is 0.125 e. The standard InChI is InChI=1S/C13H20O4/c1-9(15-3)13(2,14)11-8-10(16-4)6-7-12(11)17-5/h6-9,14H,1-5H3. The van der Waals surface area contributed by atoms with Crippen molar-refractivity contribution in [2.24, 2.45) is 0 Å². The Bertz CT molecular complexity index is 374. The maximum absolute atomic E-state index is 10.5. The van der Waals surface area contributed by atoms with Crippen LogP contribution in [0.4, 0.5) is 0 Å². The van der Waals surface area contributed by atoms with E-state index in [1.807, 2.05) is 0 Å². The monoisotopic (exact) mass is 240 g/mol. The van der Waals surface area contributed by atoms with E-state index in [0.29, 0.717) is 17.1 Å². The summed E-state index contributed by atoms with van der Waals surface area (Å²) >= 11 is 0. The van der Waals surface area contributed by atoms with Crippen molar-refractivity contribution in [1.29, 1.82) is 0 Å². The highest BCUT2D eigenvalue weighted by atomic mass is 16.5. The molecule has 1 aromatic rings. The highest BCUT2D eigenvalue weighted by Gasteiger charge is 2.33. The summed E-state index contributed by atoms with van der Waals surface area (Å²) < 4.78 is 15.6. The number of methoxy groups -OCH3 is 3. The third kappa shape index (κ3) is 2.70. The van der Waals surface area contributed by atoms with Gasteiger partial charge in [-0.15, -0.1) is 0 Å². The van der Waals surface area contributed by atoms with Gasteiger partial charge in [-0.1, -0.05) is 0 Å². The molecular weight excluding hydrogens is 220 g/mol. The zero-order valence-corrected chi connectivity index (χ0v) is 11.0. The van der Waals surface area contributed by atoms with E-state index in [1.54, 1.807) is 53.4 Å². The minimum atomic E-state index is -1.14. The van der Waals surface area contributed by atoms with Crippen molar-refractivity contribution in [3.05, 3.63) is 23.8 Å². The lowest BCUT2D eigenvalue weighted by Crippen LogP contribution is -2.36. The van der Waals surface area contributed by atoms with Crippen LogP contribution in [0.15, 0.2) is 18.2 Å². The summed E-state index contributed by atoms with van der Waals surface area (Å²) in [4.78, 5) is 0. The van der Waals surface area contributed by atoms with Gasteiger partial charge in [0.2, 0.25) is 0 Å². The van der Waals surface area contributed by atoms with Gasteiger partial charge in [0, 0.05) is 12.7 Å². The first-order valence-corrected chi connectivity index (χ1v) is 5.45. The molecular formula is C13H20O4. The zero-order chi connectivity index (χ0) is 13.1. The molecule has 0 fully saturated rings. The second-order valence-electron chi connectivity index (χ2n) is 4.09. The molecule has 2 unspecified atom stereocenters. The molecule has 96 valence electrons. The Morgan fingerprint density at radius 2 is 1.82 bits per heavy atom. The molecule has 0 aliphatic heterocycles. The highest BCUT2D eigenvalue weighted by Crippen LogP contribution is 2.35. The van der Waals surface area contributed by atoms with Gasteiger partial charge in [-0.25, -0.2) is 0 Å². The van der Waals surface area contributed by atoms with Crippen LogP contribution in [0.2, 0.25) is 0 Å². The molecule has 1 N–H and O–H groups in total. The summed E-state index contributed by atoms with van der Waals surface area (Å²) in [7, 11) is 4.71. The maximum atomic E-state index is 10.5. The Hall–Kier alpha value is -1.26. The fourth-order valence-corrected chi connectivity index (χ4v) is 1.66. The predicted molar refractivity (Wildman–Crippen MR) is 65.6 cm³/mol. The van der Waals surface area contributed by atoms with Crippen molar-refractivity contribution in [2.45, 2.75) is 25.6 Å². The molecule has 4 nitrogen and oxygen atoms in total. The average molecular weight is 240 g/mol. The molecule has 17 heavy (non-hydrogen) atoms. The van der Waals surface area contributed by atoms with Crippen LogP contribution in [-0.4, -0.2) is 32.5 Å². The summed E-state index contributed by atoms with van der Waals surface area (Å²) in [5, 5.41) is 10.5. The normalized spacial score (nSPS) is 16.1.